The Morgan fingerprint density at radius 3 is 2.82 bits per heavy atom. The topological polar surface area (TPSA) is 144 Å². The number of rotatable bonds is 7. The maximum Gasteiger partial charge on any atom is 0.255 e. The molecule has 4 N–H and O–H groups in total. The fraction of sp³-hybridized carbons (Fsp3) is 0.222. The number of anilines is 2. The number of benzene rings is 1. The van der Waals surface area contributed by atoms with E-state index in [1.54, 1.807) is 16.6 Å². The average Bonchev–Trinajstić information content (AvgIpc) is 3.49. The molecule has 1 atom stereocenters. The van der Waals surface area contributed by atoms with E-state index in [1.807, 2.05) is 37.3 Å². The number of amides is 1. The number of hydrogen-bond acceptors (Lipinski definition) is 7. The zero-order chi connectivity index (χ0) is 27.0. The van der Waals surface area contributed by atoms with E-state index >= 15 is 0 Å². The van der Waals surface area contributed by atoms with Gasteiger partial charge in [-0.3, -0.25) is 14.9 Å². The van der Waals surface area contributed by atoms with E-state index in [9.17, 15) is 14.3 Å². The molecule has 11 heteroatoms. The number of halogens is 1. The van der Waals surface area contributed by atoms with Crippen molar-refractivity contribution in [2.24, 2.45) is 0 Å². The van der Waals surface area contributed by atoms with Gasteiger partial charge >= 0.3 is 0 Å². The Bertz CT molecular complexity index is 1710. The molecule has 4 heterocycles. The van der Waals surface area contributed by atoms with Gasteiger partial charge in [-0.15, -0.1) is 0 Å². The summed E-state index contributed by atoms with van der Waals surface area (Å²) in [4.78, 5) is 17.6. The van der Waals surface area contributed by atoms with Crippen LogP contribution in [0.5, 0.6) is 0 Å². The molecule has 1 unspecified atom stereocenters. The van der Waals surface area contributed by atoms with Crippen LogP contribution in [-0.2, 0) is 0 Å². The number of aromatic nitrogens is 5. The number of hydrogen-bond donors (Lipinski definition) is 4. The Kier molecular flexibility index (Phi) is 6.26. The molecular formula is C27H25FN8O2. The van der Waals surface area contributed by atoms with Crippen LogP contribution in [0.1, 0.15) is 35.5 Å². The van der Waals surface area contributed by atoms with E-state index in [0.717, 1.165) is 22.1 Å². The van der Waals surface area contributed by atoms with Crippen molar-refractivity contribution >= 4 is 33.7 Å². The fourth-order valence-corrected chi connectivity index (χ4v) is 4.04. The number of alkyl halides is 1. The largest absolute Gasteiger partial charge is 0.387 e. The monoisotopic (exact) mass is 512 g/mol. The number of carbonyl (C=O) groups excluding carboxylic acids is 1. The van der Waals surface area contributed by atoms with Crippen LogP contribution in [0.4, 0.5) is 15.8 Å². The highest BCUT2D eigenvalue weighted by Gasteiger charge is 2.27. The number of aliphatic hydroxyl groups is 1. The molecule has 0 aliphatic carbocycles. The molecule has 0 aliphatic rings. The van der Waals surface area contributed by atoms with Crippen molar-refractivity contribution in [2.75, 3.05) is 11.9 Å². The maximum absolute atomic E-state index is 14.3. The van der Waals surface area contributed by atoms with Crippen LogP contribution in [-0.4, -0.2) is 54.1 Å². The molecule has 4 aromatic heterocycles. The summed E-state index contributed by atoms with van der Waals surface area (Å²) in [5, 5.41) is 37.4. The summed E-state index contributed by atoms with van der Waals surface area (Å²) >= 11 is 0. The summed E-state index contributed by atoms with van der Waals surface area (Å²) in [6, 6.07) is 14.8. The molecule has 1 amide bonds. The molecule has 38 heavy (non-hydrogen) atoms. The number of nitriles is 1. The van der Waals surface area contributed by atoms with Crippen LogP contribution in [0.25, 0.3) is 27.8 Å². The third-order valence-electron chi connectivity index (χ3n) is 6.27. The van der Waals surface area contributed by atoms with Gasteiger partial charge in [-0.05, 0) is 63.2 Å². The lowest BCUT2D eigenvalue weighted by Crippen LogP contribution is -2.42. The first-order chi connectivity index (χ1) is 18.1. The molecule has 0 saturated heterocycles. The SMILES string of the molecule is Cc1[nH]nc2cc(Nc3cc(-c4ccc5cc(C#N)cnn45)ncc3C(=O)NCC(F)C(C)(C)O)ccc12. The molecule has 0 radical (unpaired) electrons. The van der Waals surface area contributed by atoms with Gasteiger partial charge in [-0.2, -0.15) is 15.5 Å². The maximum atomic E-state index is 14.3. The quantitative estimate of drug-likeness (QED) is 0.258. The van der Waals surface area contributed by atoms with Gasteiger partial charge in [0.25, 0.3) is 5.91 Å². The van der Waals surface area contributed by atoms with Crippen LogP contribution in [0.15, 0.2) is 54.9 Å². The minimum absolute atomic E-state index is 0.190. The predicted octanol–water partition coefficient (Wildman–Crippen LogP) is 4.04. The van der Waals surface area contributed by atoms with Gasteiger partial charge in [-0.1, -0.05) is 0 Å². The molecule has 0 saturated carbocycles. The number of fused-ring (bicyclic) bond motifs is 2. The van der Waals surface area contributed by atoms with Gasteiger partial charge in [0.05, 0.1) is 57.6 Å². The Morgan fingerprint density at radius 2 is 2.05 bits per heavy atom. The molecule has 0 bridgehead atoms. The van der Waals surface area contributed by atoms with Crippen LogP contribution >= 0.6 is 0 Å². The number of nitrogens with one attached hydrogen (secondary N) is 3. The van der Waals surface area contributed by atoms with Gasteiger partial charge in [0, 0.05) is 23.0 Å². The molecule has 5 aromatic rings. The zero-order valence-corrected chi connectivity index (χ0v) is 21.0. The minimum atomic E-state index is -1.66. The van der Waals surface area contributed by atoms with Gasteiger partial charge < -0.3 is 15.7 Å². The lowest BCUT2D eigenvalue weighted by Gasteiger charge is -2.22. The van der Waals surface area contributed by atoms with E-state index in [2.05, 4.69) is 37.0 Å². The van der Waals surface area contributed by atoms with Crippen LogP contribution in [0, 0.1) is 18.3 Å². The normalized spacial score (nSPS) is 12.4. The van der Waals surface area contributed by atoms with E-state index in [0.29, 0.717) is 28.3 Å². The van der Waals surface area contributed by atoms with Gasteiger partial charge in [0.1, 0.15) is 12.2 Å². The Hall–Kier alpha value is -4.82. The summed E-state index contributed by atoms with van der Waals surface area (Å²) in [5.41, 5.74) is 3.75. The number of aryl methyl sites for hydroxylation is 1. The minimum Gasteiger partial charge on any atom is -0.387 e. The van der Waals surface area contributed by atoms with Crippen molar-refractivity contribution < 1.29 is 14.3 Å². The summed E-state index contributed by atoms with van der Waals surface area (Å²) in [6.07, 6.45) is 1.22. The van der Waals surface area contributed by atoms with Crippen molar-refractivity contribution in [3.8, 4) is 17.5 Å². The molecule has 192 valence electrons. The lowest BCUT2D eigenvalue weighted by molar-refractivity contribution is -0.00177. The first kappa shape index (κ1) is 24.9. The van der Waals surface area contributed by atoms with Crippen molar-refractivity contribution in [1.82, 2.24) is 30.1 Å². The van der Waals surface area contributed by atoms with Crippen molar-refractivity contribution in [3.05, 3.63) is 71.7 Å². The van der Waals surface area contributed by atoms with Crippen molar-refractivity contribution in [2.45, 2.75) is 32.5 Å². The molecule has 0 aliphatic heterocycles. The lowest BCUT2D eigenvalue weighted by atomic mass is 10.0. The summed E-state index contributed by atoms with van der Waals surface area (Å²) in [7, 11) is 0. The number of pyridine rings is 1. The molecule has 5 rings (SSSR count). The second kappa shape index (κ2) is 9.57. The van der Waals surface area contributed by atoms with Crippen molar-refractivity contribution in [3.63, 3.8) is 0 Å². The average molecular weight is 513 g/mol. The fourth-order valence-electron chi connectivity index (χ4n) is 4.04. The third-order valence-corrected chi connectivity index (χ3v) is 6.27. The smallest absolute Gasteiger partial charge is 0.255 e. The Balaban J connectivity index is 1.53. The highest BCUT2D eigenvalue weighted by atomic mass is 19.1. The molecular weight excluding hydrogens is 487 g/mol. The van der Waals surface area contributed by atoms with E-state index < -0.39 is 17.7 Å². The molecule has 1 aromatic carbocycles. The van der Waals surface area contributed by atoms with Gasteiger partial charge in [0.15, 0.2) is 0 Å². The van der Waals surface area contributed by atoms with Crippen LogP contribution < -0.4 is 10.6 Å². The summed E-state index contributed by atoms with van der Waals surface area (Å²) < 4.78 is 16.0. The molecule has 0 spiro atoms. The highest BCUT2D eigenvalue weighted by molar-refractivity contribution is 6.01. The number of nitrogens with zero attached hydrogens (tertiary/aromatic N) is 5. The summed E-state index contributed by atoms with van der Waals surface area (Å²) in [6.45, 7) is 4.25. The standard InChI is InChI=1S/C27H25FN8O2/c1-15-19-6-4-17(9-22(19)35-34-15)33-21-10-23(24-7-5-18-8-16(11-29)12-32-36(18)24)30-13-20(21)26(37)31-14-25(28)27(2,3)38/h4-10,12-13,25,38H,14H2,1-3H3,(H,30,33)(H,31,37)(H,34,35). The van der Waals surface area contributed by atoms with Gasteiger partial charge in [0.2, 0.25) is 0 Å². The third kappa shape index (κ3) is 4.77. The number of aromatic amines is 1. The summed E-state index contributed by atoms with van der Waals surface area (Å²) in [5.74, 6) is -0.549. The van der Waals surface area contributed by atoms with Crippen LogP contribution in [0.3, 0.4) is 0 Å². The van der Waals surface area contributed by atoms with E-state index in [1.165, 1.54) is 26.2 Å². The van der Waals surface area contributed by atoms with Crippen molar-refractivity contribution in [1.29, 1.82) is 5.26 Å². The van der Waals surface area contributed by atoms with E-state index in [-0.39, 0.29) is 12.1 Å². The second-order valence-corrected chi connectivity index (χ2v) is 9.56. The Labute approximate surface area is 217 Å². The van der Waals surface area contributed by atoms with Gasteiger partial charge in [-0.25, -0.2) is 8.91 Å². The van der Waals surface area contributed by atoms with Crippen LogP contribution in [0.2, 0.25) is 0 Å². The first-order valence-corrected chi connectivity index (χ1v) is 11.9. The molecule has 0 fully saturated rings. The number of H-pyrrole nitrogens is 1. The molecule has 10 nitrogen and oxygen atoms in total. The second-order valence-electron chi connectivity index (χ2n) is 9.56. The first-order valence-electron chi connectivity index (χ1n) is 11.9. The van der Waals surface area contributed by atoms with E-state index in [4.69, 9.17) is 5.26 Å². The predicted molar refractivity (Wildman–Crippen MR) is 141 cm³/mol. The Morgan fingerprint density at radius 1 is 1.24 bits per heavy atom. The number of carbonyl (C=O) groups is 1. The zero-order valence-electron chi connectivity index (χ0n) is 21.0. The highest BCUT2D eigenvalue weighted by Crippen LogP contribution is 2.29.